The zero-order valence-electron chi connectivity index (χ0n) is 24.8. The Hall–Kier alpha value is 2.82. The van der Waals surface area contributed by atoms with Crippen LogP contribution in [0.3, 0.4) is 0 Å². The van der Waals surface area contributed by atoms with Crippen LogP contribution < -0.4 is 0 Å². The lowest BCUT2D eigenvalue weighted by Gasteiger charge is -2.49. The van der Waals surface area contributed by atoms with Gasteiger partial charge in [-0.2, -0.15) is 0 Å². The Balaban J connectivity index is 1.93. The number of hydrogen-bond acceptors (Lipinski definition) is 16. The number of hydrogen-bond donors (Lipinski definition) is 0. The largest absolute Gasteiger partial charge is 0.363 e. The molecule has 0 amide bonds. The van der Waals surface area contributed by atoms with Crippen LogP contribution in [0.15, 0.2) is 12.7 Å². The second-order valence-electron chi connectivity index (χ2n) is 10.1. The van der Waals surface area contributed by atoms with E-state index in [9.17, 15) is 9.13 Å². The van der Waals surface area contributed by atoms with Crippen molar-refractivity contribution in [2.24, 2.45) is 0 Å². The summed E-state index contributed by atoms with van der Waals surface area (Å²) in [6.07, 6.45) is -9.74. The van der Waals surface area contributed by atoms with Crippen molar-refractivity contribution in [1.29, 1.82) is 0 Å². The van der Waals surface area contributed by atoms with Crippen LogP contribution in [-0.4, -0.2) is 118 Å². The highest BCUT2D eigenvalue weighted by Gasteiger charge is 2.56. The lowest BCUT2D eigenvalue weighted by Crippen LogP contribution is -2.65. The molecule has 272 valence electrons. The molecule has 0 bridgehead atoms. The molecule has 23 atom stereocenters. The monoisotopic (exact) mass is 860 g/mol. The molecule has 47 heavy (non-hydrogen) atoms. The van der Waals surface area contributed by atoms with Crippen LogP contribution in [0.1, 0.15) is 0 Å². The molecule has 0 N–H and O–H groups in total. The highest BCUT2D eigenvalue weighted by atomic mass is 31.1. The summed E-state index contributed by atoms with van der Waals surface area (Å²) in [5, 5.41) is 0. The quantitative estimate of drug-likeness (QED) is 0.130. The first kappa shape index (κ1) is 44.2. The van der Waals surface area contributed by atoms with Gasteiger partial charge in [-0.3, -0.25) is 9.13 Å². The standard InChI is InChI=1S/C21H42O16P10/c1-2-3-24-19-16(37-45)13(34-42)10(7(28-19)4-25-38)31-20-17(46-22)14(35-43)11(8(29-20)5-26-39)32-21-18(47-23)15(36-44)12(33-41)9(30-21)6-27-40/h2,7-21H,1,3-6,38-45H2/t7?,8?,9?,10-,11+,12+,13+,14+,15+,16?,17?,18?,19?,20+,21-/m1/s1. The van der Waals surface area contributed by atoms with Crippen molar-refractivity contribution < 1.29 is 73.7 Å². The molecule has 3 rings (SSSR count). The first-order chi connectivity index (χ1) is 22.9. The van der Waals surface area contributed by atoms with Crippen LogP contribution in [0.2, 0.25) is 0 Å². The maximum atomic E-state index is 12.8. The van der Waals surface area contributed by atoms with E-state index in [2.05, 4.69) is 82.3 Å². The van der Waals surface area contributed by atoms with E-state index in [1.54, 1.807) is 6.08 Å². The van der Waals surface area contributed by atoms with Crippen LogP contribution >= 0.6 is 92.7 Å². The minimum Gasteiger partial charge on any atom is -0.363 e. The Kier molecular flexibility index (Phi) is 22.2. The van der Waals surface area contributed by atoms with E-state index in [-0.39, 0.29) is 34.9 Å². The summed E-state index contributed by atoms with van der Waals surface area (Å²) in [4.78, 5) is 0. The molecule has 0 aromatic rings. The molecule has 3 saturated heterocycles. The van der Waals surface area contributed by atoms with Gasteiger partial charge in [0.25, 0.3) is 0 Å². The molecule has 0 saturated carbocycles. The van der Waals surface area contributed by atoms with E-state index in [4.69, 9.17) is 64.6 Å². The second-order valence-corrected chi connectivity index (χ2v) is 14.1. The summed E-state index contributed by atoms with van der Waals surface area (Å²) in [5.74, 6) is 0. The topological polar surface area (TPSA) is 163 Å². The van der Waals surface area contributed by atoms with Crippen LogP contribution in [0.25, 0.3) is 0 Å². The highest BCUT2D eigenvalue weighted by Crippen LogP contribution is 2.42. The lowest BCUT2D eigenvalue weighted by molar-refractivity contribution is -0.342. The zero-order chi connectivity index (χ0) is 34.5. The van der Waals surface area contributed by atoms with E-state index >= 15 is 0 Å². The van der Waals surface area contributed by atoms with Crippen molar-refractivity contribution in [3.05, 3.63) is 12.7 Å². The van der Waals surface area contributed by atoms with Crippen molar-refractivity contribution in [3.8, 4) is 0 Å². The van der Waals surface area contributed by atoms with Gasteiger partial charge >= 0.3 is 0 Å². The van der Waals surface area contributed by atoms with E-state index in [1.165, 1.54) is 0 Å². The Labute approximate surface area is 295 Å². The van der Waals surface area contributed by atoms with Crippen LogP contribution in [0.5, 0.6) is 0 Å². The van der Waals surface area contributed by atoms with Crippen molar-refractivity contribution in [2.45, 2.75) is 91.2 Å². The van der Waals surface area contributed by atoms with Gasteiger partial charge in [0.15, 0.2) is 35.8 Å². The van der Waals surface area contributed by atoms with E-state index < -0.39 is 99.7 Å². The molecule has 3 fully saturated rings. The molecule has 0 aromatic heterocycles. The van der Waals surface area contributed by atoms with Gasteiger partial charge in [0.2, 0.25) is 0 Å². The third-order valence-corrected chi connectivity index (χ3v) is 11.3. The van der Waals surface area contributed by atoms with Crippen molar-refractivity contribution in [3.63, 3.8) is 0 Å². The van der Waals surface area contributed by atoms with Crippen LogP contribution in [0, 0.1) is 0 Å². The fraction of sp³-hybridized carbons (Fsp3) is 0.905. The van der Waals surface area contributed by atoms with Gasteiger partial charge in [-0.15, -0.1) is 6.58 Å². The fourth-order valence-corrected chi connectivity index (χ4v) is 9.11. The Morgan fingerprint density at radius 3 is 1.30 bits per heavy atom. The molecule has 3 heterocycles. The predicted octanol–water partition coefficient (Wildman–Crippen LogP) is 2.75. The average molecular weight is 860 g/mol. The summed E-state index contributed by atoms with van der Waals surface area (Å²) >= 11 is 0. The zero-order valence-corrected chi connectivity index (χ0v) is 35.8. The lowest BCUT2D eigenvalue weighted by atomic mass is 9.97. The summed E-state index contributed by atoms with van der Waals surface area (Å²) < 4.78 is 107. The molecular formula is C21H42O16P10. The Morgan fingerprint density at radius 1 is 0.532 bits per heavy atom. The van der Waals surface area contributed by atoms with Crippen molar-refractivity contribution in [1.82, 2.24) is 0 Å². The normalized spacial score (nSPS) is 41.3. The van der Waals surface area contributed by atoms with Gasteiger partial charge in [-0.25, -0.2) is 0 Å². The van der Waals surface area contributed by atoms with Crippen molar-refractivity contribution >= 4 is 92.7 Å². The summed E-state index contributed by atoms with van der Waals surface area (Å²) in [5.41, 5.74) is -1.83. The number of rotatable bonds is 20. The van der Waals surface area contributed by atoms with Gasteiger partial charge in [-0.1, -0.05) is 6.08 Å². The molecule has 0 aromatic carbocycles. The third-order valence-electron chi connectivity index (χ3n) is 7.59. The van der Waals surface area contributed by atoms with E-state index in [0.717, 1.165) is 0 Å². The molecule has 15 unspecified atom stereocenters. The minimum absolute atomic E-state index is 0.0363. The molecule has 0 spiro atoms. The van der Waals surface area contributed by atoms with E-state index in [1.807, 2.05) is 0 Å². The van der Waals surface area contributed by atoms with Gasteiger partial charge < -0.3 is 64.6 Å². The summed E-state index contributed by atoms with van der Waals surface area (Å²) in [7, 11) is 16.6. The molecule has 16 nitrogen and oxygen atoms in total. The molecule has 3 aliphatic rings. The first-order valence-corrected chi connectivity index (χ1v) is 19.3. The maximum absolute atomic E-state index is 12.8. The first-order valence-electron chi connectivity index (χ1n) is 13.7. The fourth-order valence-electron chi connectivity index (χ4n) is 5.51. The third kappa shape index (κ3) is 11.2. The molecule has 0 aliphatic carbocycles. The Bertz CT molecular complexity index is 954. The van der Waals surface area contributed by atoms with Crippen molar-refractivity contribution in [2.75, 3.05) is 26.4 Å². The highest BCUT2D eigenvalue weighted by molar-refractivity contribution is 7.25. The second kappa shape index (κ2) is 23.6. The van der Waals surface area contributed by atoms with Gasteiger partial charge in [-0.05, 0) is 0 Å². The van der Waals surface area contributed by atoms with Crippen LogP contribution in [-0.2, 0) is 73.7 Å². The maximum Gasteiger partial charge on any atom is 0.187 e. The molecule has 0 radical (unpaired) electrons. The predicted molar refractivity (Wildman–Crippen MR) is 195 cm³/mol. The summed E-state index contributed by atoms with van der Waals surface area (Å²) in [6, 6.07) is 0. The molecule has 3 aliphatic heterocycles. The van der Waals surface area contributed by atoms with Gasteiger partial charge in [0, 0.05) is 75.7 Å². The average Bonchev–Trinajstić information content (AvgIpc) is 3.08. The van der Waals surface area contributed by atoms with Gasteiger partial charge in [0.05, 0.1) is 26.4 Å². The smallest absolute Gasteiger partial charge is 0.187 e. The molecular weight excluding hydrogens is 818 g/mol. The molecule has 26 heteroatoms. The van der Waals surface area contributed by atoms with Gasteiger partial charge in [0.1, 0.15) is 72.4 Å². The van der Waals surface area contributed by atoms with E-state index in [0.29, 0.717) is 0 Å². The SMILES string of the molecule is C=CCOC1OC(COP)[C@@H](O[C@@H]2OC(COP)[C@H](O[C@H]3OC(COP)[C@H](OP)[C@H](OP)C3P=O)[C@H](OP)C2P=O)[C@H](OP)C1OP. The number of ether oxygens (including phenoxy) is 6. The van der Waals surface area contributed by atoms with Crippen LogP contribution in [0.4, 0.5) is 0 Å². The summed E-state index contributed by atoms with van der Waals surface area (Å²) in [6.45, 7) is 3.96. The minimum atomic E-state index is -1.18. The Morgan fingerprint density at radius 2 is 0.915 bits per heavy atom.